The maximum Gasteiger partial charge on any atom is 0.0547 e. The van der Waals surface area contributed by atoms with Crippen molar-refractivity contribution >= 4 is 70.4 Å². The second-order valence-electron chi connectivity index (χ2n) is 16.1. The van der Waals surface area contributed by atoms with Crippen LogP contribution in [0.25, 0.3) is 92.2 Å². The molecule has 0 bridgehead atoms. The molecule has 0 aliphatic carbocycles. The Morgan fingerprint density at radius 1 is 0.302 bits per heavy atom. The summed E-state index contributed by atoms with van der Waals surface area (Å²) in [5, 5.41) is 5.15. The van der Waals surface area contributed by atoms with E-state index in [1.807, 2.05) is 11.3 Å². The molecule has 12 rings (SSSR count). The van der Waals surface area contributed by atoms with Crippen LogP contribution in [0.1, 0.15) is 0 Å². The zero-order valence-electron chi connectivity index (χ0n) is 34.4. The monoisotopic (exact) mass is 820 g/mol. The fraction of sp³-hybridized carbons (Fsp3) is 0. The van der Waals surface area contributed by atoms with Crippen molar-refractivity contribution < 1.29 is 0 Å². The lowest BCUT2D eigenvalue weighted by molar-refractivity contribution is 1.19. The van der Waals surface area contributed by atoms with E-state index in [4.69, 9.17) is 0 Å². The maximum absolute atomic E-state index is 2.44. The molecule has 63 heavy (non-hydrogen) atoms. The van der Waals surface area contributed by atoms with Gasteiger partial charge in [0.2, 0.25) is 0 Å². The molecule has 0 N–H and O–H groups in total. The van der Waals surface area contributed by atoms with Gasteiger partial charge < -0.3 is 9.47 Å². The SMILES string of the molecule is c1ccc(-c2ccc(-c3ccc(N(c4ccccc4)c4cccc(-c5cccc(-c6cccc7c6c6ccccc6n7-c6ccc7c(c6)sc6ccccc67)c5)c4)cc3)cc2)cc1. The summed E-state index contributed by atoms with van der Waals surface area (Å²) in [7, 11) is 0. The summed E-state index contributed by atoms with van der Waals surface area (Å²) in [6, 6.07) is 88.2. The van der Waals surface area contributed by atoms with Crippen molar-refractivity contribution in [2.75, 3.05) is 4.90 Å². The number of thiophene rings is 1. The number of hydrogen-bond acceptors (Lipinski definition) is 2. The minimum Gasteiger partial charge on any atom is -0.310 e. The van der Waals surface area contributed by atoms with Gasteiger partial charge in [-0.25, -0.2) is 0 Å². The predicted octanol–water partition coefficient (Wildman–Crippen LogP) is 17.3. The van der Waals surface area contributed by atoms with E-state index >= 15 is 0 Å². The van der Waals surface area contributed by atoms with E-state index in [0.29, 0.717) is 0 Å². The molecule has 0 aliphatic rings. The first-order chi connectivity index (χ1) is 31.2. The lowest BCUT2D eigenvalue weighted by Gasteiger charge is -2.26. The van der Waals surface area contributed by atoms with Crippen LogP contribution in [0.2, 0.25) is 0 Å². The molecule has 2 aromatic heterocycles. The molecule has 2 nitrogen and oxygen atoms in total. The van der Waals surface area contributed by atoms with Crippen molar-refractivity contribution in [1.29, 1.82) is 0 Å². The number of hydrogen-bond donors (Lipinski definition) is 0. The number of benzene rings is 10. The molecule has 0 unspecified atom stereocenters. The molecule has 2 heterocycles. The highest BCUT2D eigenvalue weighted by molar-refractivity contribution is 7.25. The highest BCUT2D eigenvalue weighted by Gasteiger charge is 2.18. The highest BCUT2D eigenvalue weighted by Crippen LogP contribution is 2.42. The molecule has 0 aliphatic heterocycles. The number of rotatable bonds is 8. The lowest BCUT2D eigenvalue weighted by Crippen LogP contribution is -2.09. The molecule has 296 valence electrons. The van der Waals surface area contributed by atoms with Crippen LogP contribution < -0.4 is 4.90 Å². The van der Waals surface area contributed by atoms with E-state index < -0.39 is 0 Å². The second kappa shape index (κ2) is 15.5. The average Bonchev–Trinajstić information content (AvgIpc) is 3.91. The van der Waals surface area contributed by atoms with Gasteiger partial charge in [0.15, 0.2) is 0 Å². The van der Waals surface area contributed by atoms with Crippen molar-refractivity contribution in [3.63, 3.8) is 0 Å². The van der Waals surface area contributed by atoms with Crippen LogP contribution >= 0.6 is 11.3 Å². The molecule has 12 aromatic rings. The van der Waals surface area contributed by atoms with Crippen LogP contribution in [0.4, 0.5) is 17.1 Å². The third-order valence-electron chi connectivity index (χ3n) is 12.4. The molecule has 0 atom stereocenters. The number of nitrogens with zero attached hydrogens (tertiary/aromatic N) is 2. The molecule has 10 aromatic carbocycles. The first-order valence-corrected chi connectivity index (χ1v) is 22.3. The van der Waals surface area contributed by atoms with Gasteiger partial charge in [0.1, 0.15) is 0 Å². The number of fused-ring (bicyclic) bond motifs is 6. The largest absolute Gasteiger partial charge is 0.310 e. The van der Waals surface area contributed by atoms with Gasteiger partial charge in [0.05, 0.1) is 11.0 Å². The van der Waals surface area contributed by atoms with Gasteiger partial charge in [-0.1, -0.05) is 170 Å². The quantitative estimate of drug-likeness (QED) is 0.148. The summed E-state index contributed by atoms with van der Waals surface area (Å²) in [6.45, 7) is 0. The van der Waals surface area contributed by atoms with Gasteiger partial charge in [-0.3, -0.25) is 0 Å². The van der Waals surface area contributed by atoms with Crippen LogP contribution in [-0.4, -0.2) is 4.57 Å². The molecule has 0 saturated heterocycles. The molecular formula is C60H40N2S. The van der Waals surface area contributed by atoms with Crippen molar-refractivity contribution in [2.24, 2.45) is 0 Å². The molecule has 3 heteroatoms. The van der Waals surface area contributed by atoms with Crippen LogP contribution in [-0.2, 0) is 0 Å². The minimum absolute atomic E-state index is 1.10. The predicted molar refractivity (Wildman–Crippen MR) is 270 cm³/mol. The third kappa shape index (κ3) is 6.58. The lowest BCUT2D eigenvalue weighted by atomic mass is 9.95. The molecule has 0 saturated carbocycles. The molecule has 0 fully saturated rings. The van der Waals surface area contributed by atoms with Gasteiger partial charge in [-0.15, -0.1) is 11.3 Å². The Labute approximate surface area is 370 Å². The van der Waals surface area contributed by atoms with Gasteiger partial charge in [-0.05, 0) is 117 Å². The second-order valence-corrected chi connectivity index (χ2v) is 17.2. The Kier molecular flexibility index (Phi) is 9.06. The Morgan fingerprint density at radius 3 is 1.60 bits per heavy atom. The van der Waals surface area contributed by atoms with Crippen molar-refractivity contribution in [3.05, 3.63) is 243 Å². The van der Waals surface area contributed by atoms with Crippen molar-refractivity contribution in [2.45, 2.75) is 0 Å². The third-order valence-corrected chi connectivity index (χ3v) is 13.5. The van der Waals surface area contributed by atoms with Crippen LogP contribution in [0.15, 0.2) is 243 Å². The normalized spacial score (nSPS) is 11.5. The zero-order chi connectivity index (χ0) is 41.7. The van der Waals surface area contributed by atoms with Crippen LogP contribution in [0.5, 0.6) is 0 Å². The number of para-hydroxylation sites is 2. The molecular weight excluding hydrogens is 781 g/mol. The fourth-order valence-corrected chi connectivity index (χ4v) is 10.5. The highest BCUT2D eigenvalue weighted by atomic mass is 32.1. The van der Waals surface area contributed by atoms with E-state index in [-0.39, 0.29) is 0 Å². The van der Waals surface area contributed by atoms with Gasteiger partial charge in [-0.2, -0.15) is 0 Å². The Balaban J connectivity index is 0.909. The Hall–Kier alpha value is -7.98. The molecule has 0 amide bonds. The van der Waals surface area contributed by atoms with Crippen molar-refractivity contribution in [1.82, 2.24) is 4.57 Å². The van der Waals surface area contributed by atoms with Gasteiger partial charge in [0, 0.05) is 53.7 Å². The van der Waals surface area contributed by atoms with E-state index in [2.05, 4.69) is 252 Å². The standard InChI is InChI=1S/C60H40N2S/c1-3-14-41(15-4-1)42-28-30-43(31-29-42)44-32-34-49(35-33-44)61(48-19-5-2-6-20-48)50-21-12-17-46(39-50)45-16-11-18-47(38-45)52-24-13-26-57-60(52)55-23-7-9-25-56(55)62(57)51-36-37-54-53-22-8-10-27-58(53)63-59(54)40-51/h1-40H. The maximum atomic E-state index is 2.44. The smallest absolute Gasteiger partial charge is 0.0547 e. The minimum atomic E-state index is 1.10. The Bertz CT molecular complexity index is 3600. The topological polar surface area (TPSA) is 8.17 Å². The van der Waals surface area contributed by atoms with E-state index in [9.17, 15) is 0 Å². The first kappa shape index (κ1) is 36.8. The van der Waals surface area contributed by atoms with Gasteiger partial charge >= 0.3 is 0 Å². The number of aromatic nitrogens is 1. The summed E-state index contributed by atoms with van der Waals surface area (Å²) < 4.78 is 5.07. The zero-order valence-corrected chi connectivity index (χ0v) is 35.2. The summed E-state index contributed by atoms with van der Waals surface area (Å²) in [4.78, 5) is 2.35. The Morgan fingerprint density at radius 2 is 0.825 bits per heavy atom. The summed E-state index contributed by atoms with van der Waals surface area (Å²) in [6.07, 6.45) is 0. The van der Waals surface area contributed by atoms with E-state index in [1.165, 1.54) is 86.6 Å². The van der Waals surface area contributed by atoms with Gasteiger partial charge in [0.25, 0.3) is 0 Å². The van der Waals surface area contributed by atoms with Crippen molar-refractivity contribution in [3.8, 4) is 50.2 Å². The summed E-state index contributed by atoms with van der Waals surface area (Å²) >= 11 is 1.87. The van der Waals surface area contributed by atoms with Crippen LogP contribution in [0, 0.1) is 0 Å². The van der Waals surface area contributed by atoms with E-state index in [1.54, 1.807) is 0 Å². The average molecular weight is 821 g/mol. The van der Waals surface area contributed by atoms with E-state index in [0.717, 1.165) is 22.6 Å². The molecule has 0 radical (unpaired) electrons. The molecule has 0 spiro atoms. The summed E-state index contributed by atoms with van der Waals surface area (Å²) in [5.41, 5.74) is 16.5. The fourth-order valence-electron chi connectivity index (χ4n) is 9.40. The summed E-state index contributed by atoms with van der Waals surface area (Å²) in [5.74, 6) is 0. The first-order valence-electron chi connectivity index (χ1n) is 21.5. The van der Waals surface area contributed by atoms with Crippen LogP contribution in [0.3, 0.4) is 0 Å². The number of anilines is 3.